The molecule has 2 nitrogen and oxygen atoms in total. The molecule has 0 saturated carbocycles. The second-order valence-electron chi connectivity index (χ2n) is 3.11. The van der Waals surface area contributed by atoms with Gasteiger partial charge in [-0.25, -0.2) is 4.39 Å². The predicted octanol–water partition coefficient (Wildman–Crippen LogP) is 2.10. The minimum atomic E-state index is -0.278. The molecule has 0 spiro atoms. The predicted molar refractivity (Wildman–Crippen MR) is 61.9 cm³/mol. The lowest BCUT2D eigenvalue weighted by atomic mass is 10.2. The van der Waals surface area contributed by atoms with E-state index >= 15 is 0 Å². The van der Waals surface area contributed by atoms with Gasteiger partial charge in [0.2, 0.25) is 0 Å². The minimum Gasteiger partial charge on any atom is -0.294 e. The fourth-order valence-corrected chi connectivity index (χ4v) is 1.75. The Morgan fingerprint density at radius 2 is 2.06 bits per heavy atom. The van der Waals surface area contributed by atoms with Crippen LogP contribution in [0.3, 0.4) is 0 Å². The van der Waals surface area contributed by atoms with Crippen LogP contribution in [0.1, 0.15) is 5.56 Å². The van der Waals surface area contributed by atoms with E-state index in [1.807, 2.05) is 0 Å². The number of hydrogen-bond acceptors (Lipinski definition) is 2. The van der Waals surface area contributed by atoms with Crippen molar-refractivity contribution in [3.63, 3.8) is 0 Å². The Bertz CT molecular complexity index is 586. The van der Waals surface area contributed by atoms with E-state index in [-0.39, 0.29) is 10.7 Å². The molecule has 1 aromatic carbocycles. The summed E-state index contributed by atoms with van der Waals surface area (Å²) in [5.41, 5.74) is 0.740. The largest absolute Gasteiger partial charge is 0.307 e. The van der Waals surface area contributed by atoms with Crippen molar-refractivity contribution in [2.75, 3.05) is 0 Å². The van der Waals surface area contributed by atoms with Gasteiger partial charge in [-0.2, -0.15) is 0 Å². The van der Waals surface area contributed by atoms with E-state index in [4.69, 9.17) is 0 Å². The normalized spacial score (nSPS) is 9.56. The quantitative estimate of drug-likeness (QED) is 0.691. The van der Waals surface area contributed by atoms with Gasteiger partial charge in [-0.15, -0.1) is 0 Å². The number of halogens is 1. The molecule has 0 amide bonds. The first-order valence-corrected chi connectivity index (χ1v) is 5.52. The number of rotatable bonds is 1. The van der Waals surface area contributed by atoms with E-state index in [0.29, 0.717) is 6.54 Å². The summed E-state index contributed by atoms with van der Waals surface area (Å²) >= 11 is 1.14. The lowest BCUT2D eigenvalue weighted by molar-refractivity contribution is 0.627. The molecule has 1 heterocycles. The summed E-state index contributed by atoms with van der Waals surface area (Å²) < 4.78 is 14.1. The molecule has 0 radical (unpaired) electrons. The van der Waals surface area contributed by atoms with Gasteiger partial charge in [-0.05, 0) is 24.3 Å². The van der Waals surface area contributed by atoms with Crippen LogP contribution in [0, 0.1) is 17.7 Å². The van der Waals surface area contributed by atoms with Crippen LogP contribution in [0.15, 0.2) is 40.6 Å². The fraction of sp³-hybridized carbons (Fsp3) is 0.0833. The van der Waals surface area contributed by atoms with E-state index in [2.05, 4.69) is 11.8 Å². The number of nitrogens with zero attached hydrogens (tertiary/aromatic N) is 1. The molecule has 0 saturated heterocycles. The molecule has 2 rings (SSSR count). The van der Waals surface area contributed by atoms with Crippen molar-refractivity contribution in [2.24, 2.45) is 0 Å². The number of aromatic nitrogens is 1. The molecule has 0 bridgehead atoms. The molecule has 0 aliphatic carbocycles. The third kappa shape index (κ3) is 2.59. The summed E-state index contributed by atoms with van der Waals surface area (Å²) in [6, 6.07) is 5.94. The molecule has 1 aromatic heterocycles. The van der Waals surface area contributed by atoms with Crippen LogP contribution >= 0.6 is 11.3 Å². The Morgan fingerprint density at radius 3 is 2.69 bits per heavy atom. The molecular formula is C12H8FNOS. The monoisotopic (exact) mass is 233 g/mol. The van der Waals surface area contributed by atoms with Crippen LogP contribution in [0.2, 0.25) is 0 Å². The molecule has 80 valence electrons. The average molecular weight is 233 g/mol. The zero-order chi connectivity index (χ0) is 11.4. The zero-order valence-electron chi connectivity index (χ0n) is 8.31. The summed E-state index contributed by atoms with van der Waals surface area (Å²) in [6.07, 6.45) is 1.70. The van der Waals surface area contributed by atoms with Crippen molar-refractivity contribution in [3.8, 4) is 11.8 Å². The van der Waals surface area contributed by atoms with Gasteiger partial charge in [0.15, 0.2) is 0 Å². The van der Waals surface area contributed by atoms with Gasteiger partial charge >= 0.3 is 4.87 Å². The highest BCUT2D eigenvalue weighted by atomic mass is 32.1. The third-order valence-corrected chi connectivity index (χ3v) is 2.66. The van der Waals surface area contributed by atoms with Crippen molar-refractivity contribution in [1.29, 1.82) is 0 Å². The number of benzene rings is 1. The SMILES string of the molecule is O=c1sccn1CC#Cc1ccc(F)cc1. The Morgan fingerprint density at radius 1 is 1.31 bits per heavy atom. The topological polar surface area (TPSA) is 22.0 Å². The molecule has 0 aliphatic heterocycles. The highest BCUT2D eigenvalue weighted by Crippen LogP contribution is 2.00. The van der Waals surface area contributed by atoms with Gasteiger partial charge < -0.3 is 0 Å². The molecule has 0 fully saturated rings. The Hall–Kier alpha value is -1.86. The number of hydrogen-bond donors (Lipinski definition) is 0. The molecule has 2 aromatic rings. The lowest BCUT2D eigenvalue weighted by Crippen LogP contribution is -2.10. The van der Waals surface area contributed by atoms with Gasteiger partial charge in [-0.1, -0.05) is 23.2 Å². The van der Waals surface area contributed by atoms with E-state index in [0.717, 1.165) is 16.9 Å². The number of thiazole rings is 1. The highest BCUT2D eigenvalue weighted by Gasteiger charge is 1.92. The fourth-order valence-electron chi connectivity index (χ4n) is 1.17. The van der Waals surface area contributed by atoms with Crippen molar-refractivity contribution >= 4 is 11.3 Å². The van der Waals surface area contributed by atoms with E-state index < -0.39 is 0 Å². The first kappa shape index (κ1) is 10.7. The summed E-state index contributed by atoms with van der Waals surface area (Å²) in [4.78, 5) is 11.2. The second-order valence-corrected chi connectivity index (χ2v) is 3.96. The summed E-state index contributed by atoms with van der Waals surface area (Å²) in [7, 11) is 0. The van der Waals surface area contributed by atoms with Crippen LogP contribution in [-0.2, 0) is 6.54 Å². The van der Waals surface area contributed by atoms with Crippen LogP contribution in [-0.4, -0.2) is 4.57 Å². The maximum absolute atomic E-state index is 12.6. The third-order valence-electron chi connectivity index (χ3n) is 1.97. The molecule has 0 atom stereocenters. The zero-order valence-corrected chi connectivity index (χ0v) is 9.13. The molecule has 4 heteroatoms. The summed E-state index contributed by atoms with van der Waals surface area (Å²) in [6.45, 7) is 0.361. The smallest absolute Gasteiger partial charge is 0.294 e. The maximum atomic E-state index is 12.6. The molecule has 16 heavy (non-hydrogen) atoms. The van der Waals surface area contributed by atoms with E-state index in [9.17, 15) is 9.18 Å². The minimum absolute atomic E-state index is 0.0200. The van der Waals surface area contributed by atoms with Crippen LogP contribution in [0.25, 0.3) is 0 Å². The highest BCUT2D eigenvalue weighted by molar-refractivity contribution is 7.07. The molecular weight excluding hydrogens is 225 g/mol. The van der Waals surface area contributed by atoms with Gasteiger partial charge in [0, 0.05) is 17.1 Å². The van der Waals surface area contributed by atoms with Gasteiger partial charge in [-0.3, -0.25) is 9.36 Å². The second kappa shape index (κ2) is 4.77. The van der Waals surface area contributed by atoms with Crippen LogP contribution in [0.5, 0.6) is 0 Å². The first-order chi connectivity index (χ1) is 7.75. The van der Waals surface area contributed by atoms with Crippen molar-refractivity contribution < 1.29 is 4.39 Å². The van der Waals surface area contributed by atoms with Crippen LogP contribution in [0.4, 0.5) is 4.39 Å². The molecule has 0 N–H and O–H groups in total. The van der Waals surface area contributed by atoms with Crippen molar-refractivity contribution in [1.82, 2.24) is 4.57 Å². The Labute approximate surface area is 96.0 Å². The Kier molecular flexibility index (Phi) is 3.18. The van der Waals surface area contributed by atoms with Gasteiger partial charge in [0.05, 0.1) is 6.54 Å². The van der Waals surface area contributed by atoms with Gasteiger partial charge in [0.25, 0.3) is 0 Å². The van der Waals surface area contributed by atoms with E-state index in [1.54, 1.807) is 23.7 Å². The average Bonchev–Trinajstić information content (AvgIpc) is 2.68. The van der Waals surface area contributed by atoms with Crippen LogP contribution < -0.4 is 4.87 Å². The van der Waals surface area contributed by atoms with Gasteiger partial charge in [0.1, 0.15) is 5.82 Å². The Balaban J connectivity index is 2.09. The first-order valence-electron chi connectivity index (χ1n) is 4.64. The van der Waals surface area contributed by atoms with E-state index in [1.165, 1.54) is 16.7 Å². The maximum Gasteiger partial charge on any atom is 0.307 e. The lowest BCUT2D eigenvalue weighted by Gasteiger charge is -1.91. The van der Waals surface area contributed by atoms with Crippen molar-refractivity contribution in [2.45, 2.75) is 6.54 Å². The van der Waals surface area contributed by atoms with Crippen molar-refractivity contribution in [3.05, 3.63) is 56.9 Å². The molecule has 0 unspecified atom stereocenters. The standard InChI is InChI=1S/C12H8FNOS/c13-11-5-3-10(4-6-11)2-1-7-14-8-9-16-12(14)15/h3-6,8-9H,7H2. The molecule has 0 aliphatic rings. The summed E-state index contributed by atoms with van der Waals surface area (Å²) in [5.74, 6) is 5.45. The summed E-state index contributed by atoms with van der Waals surface area (Å²) in [5, 5.41) is 1.72.